The second kappa shape index (κ2) is 6.82. The van der Waals surface area contributed by atoms with Crippen molar-refractivity contribution in [2.75, 3.05) is 0 Å². The number of benzene rings is 2. The summed E-state index contributed by atoms with van der Waals surface area (Å²) >= 11 is 0. The van der Waals surface area contributed by atoms with Gasteiger partial charge in [0.1, 0.15) is 18.5 Å². The van der Waals surface area contributed by atoms with Gasteiger partial charge in [0.05, 0.1) is 0 Å². The zero-order valence-corrected chi connectivity index (χ0v) is 11.0. The van der Waals surface area contributed by atoms with Gasteiger partial charge in [0.25, 0.3) is 0 Å². The van der Waals surface area contributed by atoms with Gasteiger partial charge in [-0.05, 0) is 29.7 Å². The third-order valence-electron chi connectivity index (χ3n) is 2.87. The number of ether oxygens (including phenoxy) is 1. The molecule has 0 amide bonds. The van der Waals surface area contributed by atoms with Crippen LogP contribution in [-0.2, 0) is 22.6 Å². The van der Waals surface area contributed by atoms with E-state index in [1.54, 1.807) is 12.1 Å². The van der Waals surface area contributed by atoms with E-state index in [-0.39, 0.29) is 18.8 Å². The summed E-state index contributed by atoms with van der Waals surface area (Å²) in [4.78, 5) is 11.8. The van der Waals surface area contributed by atoms with Gasteiger partial charge in [-0.15, -0.1) is 0 Å². The monoisotopic (exact) mass is 273 g/mol. The average Bonchev–Trinajstić information content (AvgIpc) is 2.46. The van der Waals surface area contributed by atoms with E-state index >= 15 is 0 Å². The fraction of sp³-hybridized carbons (Fsp3) is 0.188. The predicted molar refractivity (Wildman–Crippen MR) is 74.3 cm³/mol. The lowest BCUT2D eigenvalue weighted by atomic mass is 10.1. The molecular formula is C16H16FNO2. The second-order valence-corrected chi connectivity index (χ2v) is 4.53. The molecule has 3 nitrogen and oxygen atoms in total. The number of nitrogens with two attached hydrogens (primary N) is 1. The molecule has 1 atom stereocenters. The first kappa shape index (κ1) is 14.2. The minimum absolute atomic E-state index is 0.191. The smallest absolute Gasteiger partial charge is 0.323 e. The third kappa shape index (κ3) is 4.17. The summed E-state index contributed by atoms with van der Waals surface area (Å²) in [6, 6.07) is 14.6. The molecule has 0 aromatic heterocycles. The van der Waals surface area contributed by atoms with Gasteiger partial charge in [-0.1, -0.05) is 42.5 Å². The molecule has 0 aliphatic carbocycles. The molecule has 0 radical (unpaired) electrons. The Morgan fingerprint density at radius 1 is 1.10 bits per heavy atom. The molecule has 0 bridgehead atoms. The molecule has 2 rings (SSSR count). The molecule has 0 aliphatic heterocycles. The van der Waals surface area contributed by atoms with Crippen molar-refractivity contribution < 1.29 is 13.9 Å². The molecule has 0 heterocycles. The molecule has 20 heavy (non-hydrogen) atoms. The van der Waals surface area contributed by atoms with Gasteiger partial charge >= 0.3 is 5.97 Å². The number of carbonyl (C=O) groups excluding carboxylic acids is 1. The largest absolute Gasteiger partial charge is 0.460 e. The Morgan fingerprint density at radius 3 is 2.50 bits per heavy atom. The van der Waals surface area contributed by atoms with Crippen molar-refractivity contribution in [3.05, 3.63) is 71.5 Å². The lowest BCUT2D eigenvalue weighted by molar-refractivity contribution is -0.146. The van der Waals surface area contributed by atoms with Crippen molar-refractivity contribution in [3.8, 4) is 0 Å². The summed E-state index contributed by atoms with van der Waals surface area (Å²) in [7, 11) is 0. The maximum absolute atomic E-state index is 13.0. The van der Waals surface area contributed by atoms with E-state index in [0.717, 1.165) is 5.56 Å². The fourth-order valence-electron chi connectivity index (χ4n) is 1.84. The van der Waals surface area contributed by atoms with Crippen LogP contribution in [0.4, 0.5) is 4.39 Å². The van der Waals surface area contributed by atoms with Crippen LogP contribution in [0.2, 0.25) is 0 Å². The molecule has 104 valence electrons. The van der Waals surface area contributed by atoms with Crippen molar-refractivity contribution in [1.29, 1.82) is 0 Å². The first-order valence-corrected chi connectivity index (χ1v) is 6.36. The molecule has 0 unspecified atom stereocenters. The highest BCUT2D eigenvalue weighted by atomic mass is 19.1. The maximum atomic E-state index is 13.0. The summed E-state index contributed by atoms with van der Waals surface area (Å²) in [6.45, 7) is 0.191. The highest BCUT2D eigenvalue weighted by Crippen LogP contribution is 2.07. The zero-order chi connectivity index (χ0) is 14.4. The second-order valence-electron chi connectivity index (χ2n) is 4.53. The van der Waals surface area contributed by atoms with Gasteiger partial charge in [-0.25, -0.2) is 4.39 Å². The number of carbonyl (C=O) groups is 1. The van der Waals surface area contributed by atoms with Crippen molar-refractivity contribution in [2.45, 2.75) is 19.1 Å². The summed E-state index contributed by atoms with van der Waals surface area (Å²) in [5, 5.41) is 0. The number of rotatable bonds is 5. The van der Waals surface area contributed by atoms with Crippen molar-refractivity contribution in [3.63, 3.8) is 0 Å². The molecule has 2 N–H and O–H groups in total. The van der Waals surface area contributed by atoms with Crippen LogP contribution in [0.3, 0.4) is 0 Å². The molecular weight excluding hydrogens is 257 g/mol. The van der Waals surface area contributed by atoms with Gasteiger partial charge in [0.2, 0.25) is 0 Å². The minimum Gasteiger partial charge on any atom is -0.460 e. The minimum atomic E-state index is -0.791. The van der Waals surface area contributed by atoms with E-state index in [4.69, 9.17) is 10.5 Å². The third-order valence-corrected chi connectivity index (χ3v) is 2.87. The number of halogens is 1. The Morgan fingerprint density at radius 2 is 1.80 bits per heavy atom. The van der Waals surface area contributed by atoms with Gasteiger partial charge in [0, 0.05) is 0 Å². The van der Waals surface area contributed by atoms with Gasteiger partial charge in [-0.2, -0.15) is 0 Å². The molecule has 2 aromatic carbocycles. The van der Waals surface area contributed by atoms with Crippen LogP contribution < -0.4 is 5.73 Å². The predicted octanol–water partition coefficient (Wildman–Crippen LogP) is 2.44. The molecule has 0 spiro atoms. The van der Waals surface area contributed by atoms with E-state index in [2.05, 4.69) is 0 Å². The molecule has 4 heteroatoms. The summed E-state index contributed by atoms with van der Waals surface area (Å²) < 4.78 is 18.2. The standard InChI is InChI=1S/C16H16FNO2/c17-14-8-4-7-13(9-14)10-15(18)16(19)20-11-12-5-2-1-3-6-12/h1-9,15H,10-11,18H2/t15-/m0/s1. The summed E-state index contributed by atoms with van der Waals surface area (Å²) in [6.07, 6.45) is 0.255. The van der Waals surface area contributed by atoms with Crippen LogP contribution in [0.25, 0.3) is 0 Å². The highest BCUT2D eigenvalue weighted by molar-refractivity contribution is 5.75. The van der Waals surface area contributed by atoms with Crippen LogP contribution in [0.1, 0.15) is 11.1 Å². The Kier molecular flexibility index (Phi) is 4.85. The van der Waals surface area contributed by atoms with Gasteiger partial charge in [0.15, 0.2) is 0 Å². The van der Waals surface area contributed by atoms with Crippen molar-refractivity contribution in [2.24, 2.45) is 5.73 Å². The lowest BCUT2D eigenvalue weighted by Crippen LogP contribution is -2.34. The van der Waals surface area contributed by atoms with Crippen LogP contribution in [0.5, 0.6) is 0 Å². The SMILES string of the molecule is N[C@@H](Cc1cccc(F)c1)C(=O)OCc1ccccc1. The molecule has 0 saturated heterocycles. The van der Waals surface area contributed by atoms with Crippen molar-refractivity contribution in [1.82, 2.24) is 0 Å². The highest BCUT2D eigenvalue weighted by Gasteiger charge is 2.16. The number of esters is 1. The Hall–Kier alpha value is -2.20. The van der Waals surface area contributed by atoms with E-state index in [0.29, 0.717) is 5.56 Å². The van der Waals surface area contributed by atoms with E-state index in [1.807, 2.05) is 30.3 Å². The molecule has 0 saturated carbocycles. The van der Waals surface area contributed by atoms with Crippen LogP contribution in [0.15, 0.2) is 54.6 Å². The van der Waals surface area contributed by atoms with Crippen molar-refractivity contribution >= 4 is 5.97 Å². The summed E-state index contributed by atoms with van der Waals surface area (Å²) in [5.74, 6) is -0.828. The Labute approximate surface area is 117 Å². The first-order chi connectivity index (χ1) is 9.65. The number of hydrogen-bond acceptors (Lipinski definition) is 3. The zero-order valence-electron chi connectivity index (χ0n) is 11.0. The first-order valence-electron chi connectivity index (χ1n) is 6.36. The van der Waals surface area contributed by atoms with E-state index in [9.17, 15) is 9.18 Å². The van der Waals surface area contributed by atoms with E-state index < -0.39 is 12.0 Å². The topological polar surface area (TPSA) is 52.3 Å². The normalized spacial score (nSPS) is 11.9. The summed E-state index contributed by atoms with van der Waals surface area (Å²) in [5.41, 5.74) is 7.34. The van der Waals surface area contributed by atoms with Gasteiger partial charge < -0.3 is 10.5 Å². The van der Waals surface area contributed by atoms with Crippen LogP contribution >= 0.6 is 0 Å². The Balaban J connectivity index is 1.86. The number of hydrogen-bond donors (Lipinski definition) is 1. The molecule has 0 aliphatic rings. The van der Waals surface area contributed by atoms with E-state index in [1.165, 1.54) is 12.1 Å². The average molecular weight is 273 g/mol. The lowest BCUT2D eigenvalue weighted by Gasteiger charge is -2.11. The molecule has 2 aromatic rings. The van der Waals surface area contributed by atoms with Crippen LogP contribution in [-0.4, -0.2) is 12.0 Å². The molecule has 0 fully saturated rings. The Bertz CT molecular complexity index is 572. The quantitative estimate of drug-likeness (QED) is 0.851. The fourth-order valence-corrected chi connectivity index (χ4v) is 1.84. The maximum Gasteiger partial charge on any atom is 0.323 e. The van der Waals surface area contributed by atoms with Gasteiger partial charge in [-0.3, -0.25) is 4.79 Å². The van der Waals surface area contributed by atoms with Crippen LogP contribution in [0, 0.1) is 5.82 Å².